The molecule has 2 aromatic heterocycles. The van der Waals surface area contributed by atoms with Gasteiger partial charge in [0.05, 0.1) is 17.9 Å². The molecule has 1 unspecified atom stereocenters. The number of piperidine rings is 1. The smallest absolute Gasteiger partial charge is 0.147 e. The number of aryl methyl sites for hydroxylation is 2. The van der Waals surface area contributed by atoms with Gasteiger partial charge in [-0.05, 0) is 19.8 Å². The van der Waals surface area contributed by atoms with E-state index in [9.17, 15) is 0 Å². The maximum absolute atomic E-state index is 4.59. The van der Waals surface area contributed by atoms with E-state index in [1.54, 1.807) is 6.20 Å². The number of nitrogens with zero attached hydrogens (tertiary/aromatic N) is 5. The van der Waals surface area contributed by atoms with Gasteiger partial charge >= 0.3 is 0 Å². The molecule has 0 amide bonds. The molecule has 0 radical (unpaired) electrons. The summed E-state index contributed by atoms with van der Waals surface area (Å²) in [4.78, 5) is 15.6. The van der Waals surface area contributed by atoms with Gasteiger partial charge in [-0.15, -0.1) is 0 Å². The predicted molar refractivity (Wildman–Crippen MR) is 78.9 cm³/mol. The molecule has 5 heteroatoms. The largest absolute Gasteiger partial charge is 0.353 e. The Morgan fingerprint density at radius 1 is 1.35 bits per heavy atom. The van der Waals surface area contributed by atoms with E-state index >= 15 is 0 Å². The molecule has 3 heterocycles. The van der Waals surface area contributed by atoms with Crippen LogP contribution in [0.15, 0.2) is 24.8 Å². The third-order valence-corrected chi connectivity index (χ3v) is 3.92. The second-order valence-corrected chi connectivity index (χ2v) is 5.37. The predicted octanol–water partition coefficient (Wildman–Crippen LogP) is 2.39. The first-order valence-corrected chi connectivity index (χ1v) is 7.33. The quantitative estimate of drug-likeness (QED) is 0.860. The van der Waals surface area contributed by atoms with Crippen molar-refractivity contribution in [1.82, 2.24) is 19.5 Å². The van der Waals surface area contributed by atoms with E-state index in [0.29, 0.717) is 6.04 Å². The van der Waals surface area contributed by atoms with Crippen LogP contribution in [0.25, 0.3) is 0 Å². The molecule has 1 aliphatic rings. The fraction of sp³-hybridized carbons (Fsp3) is 0.533. The maximum Gasteiger partial charge on any atom is 0.147 e. The molecule has 1 fully saturated rings. The van der Waals surface area contributed by atoms with Crippen molar-refractivity contribution in [2.75, 3.05) is 18.0 Å². The minimum atomic E-state index is 0.489. The SMILES string of the molecule is CCc1nccn1C1CCCN(c2cncc(C)n2)C1. The van der Waals surface area contributed by atoms with E-state index in [-0.39, 0.29) is 0 Å². The molecule has 0 N–H and O–H groups in total. The lowest BCUT2D eigenvalue weighted by Gasteiger charge is -2.34. The molecular formula is C15H21N5. The Kier molecular flexibility index (Phi) is 3.67. The molecule has 2 aromatic rings. The molecule has 5 nitrogen and oxygen atoms in total. The van der Waals surface area contributed by atoms with Crippen molar-refractivity contribution in [3.8, 4) is 0 Å². The Morgan fingerprint density at radius 2 is 2.25 bits per heavy atom. The molecule has 0 spiro atoms. The zero-order valence-electron chi connectivity index (χ0n) is 12.2. The zero-order valence-corrected chi connectivity index (χ0v) is 12.2. The molecular weight excluding hydrogens is 250 g/mol. The molecule has 1 atom stereocenters. The number of hydrogen-bond donors (Lipinski definition) is 0. The molecule has 0 saturated carbocycles. The van der Waals surface area contributed by atoms with E-state index in [2.05, 4.69) is 37.5 Å². The number of aromatic nitrogens is 4. The van der Waals surface area contributed by atoms with Crippen LogP contribution in [0.4, 0.5) is 5.82 Å². The van der Waals surface area contributed by atoms with E-state index in [4.69, 9.17) is 0 Å². The van der Waals surface area contributed by atoms with E-state index < -0.39 is 0 Å². The number of imidazole rings is 1. The molecule has 1 saturated heterocycles. The molecule has 106 valence electrons. The summed E-state index contributed by atoms with van der Waals surface area (Å²) in [5, 5.41) is 0. The van der Waals surface area contributed by atoms with E-state index in [1.165, 1.54) is 18.7 Å². The number of rotatable bonds is 3. The summed E-state index contributed by atoms with van der Waals surface area (Å²) in [6.45, 7) is 6.20. The third kappa shape index (κ3) is 2.53. The highest BCUT2D eigenvalue weighted by Crippen LogP contribution is 2.25. The summed E-state index contributed by atoms with van der Waals surface area (Å²) < 4.78 is 2.33. The van der Waals surface area contributed by atoms with Crippen molar-refractivity contribution in [3.05, 3.63) is 36.3 Å². The van der Waals surface area contributed by atoms with Crippen LogP contribution < -0.4 is 4.90 Å². The maximum atomic E-state index is 4.59. The second-order valence-electron chi connectivity index (χ2n) is 5.37. The zero-order chi connectivity index (χ0) is 13.9. The summed E-state index contributed by atoms with van der Waals surface area (Å²) in [6, 6.07) is 0.489. The van der Waals surface area contributed by atoms with Gasteiger partial charge in [0.1, 0.15) is 11.6 Å². The normalized spacial score (nSPS) is 19.3. The summed E-state index contributed by atoms with van der Waals surface area (Å²) >= 11 is 0. The van der Waals surface area contributed by atoms with Crippen molar-refractivity contribution in [1.29, 1.82) is 0 Å². The van der Waals surface area contributed by atoms with Gasteiger partial charge in [-0.25, -0.2) is 9.97 Å². The number of hydrogen-bond acceptors (Lipinski definition) is 4. The molecule has 0 bridgehead atoms. The van der Waals surface area contributed by atoms with Crippen LogP contribution in [0.2, 0.25) is 0 Å². The monoisotopic (exact) mass is 271 g/mol. The summed E-state index contributed by atoms with van der Waals surface area (Å²) in [6.07, 6.45) is 11.0. The van der Waals surface area contributed by atoms with Crippen molar-refractivity contribution in [2.45, 2.75) is 39.2 Å². The van der Waals surface area contributed by atoms with Crippen LogP contribution in [-0.2, 0) is 6.42 Å². The Balaban J connectivity index is 1.80. The summed E-state index contributed by atoms with van der Waals surface area (Å²) in [7, 11) is 0. The molecule has 0 aromatic carbocycles. The van der Waals surface area contributed by atoms with E-state index in [0.717, 1.165) is 31.0 Å². The Bertz CT molecular complexity index is 577. The van der Waals surface area contributed by atoms with Gasteiger partial charge in [-0.3, -0.25) is 4.98 Å². The van der Waals surface area contributed by atoms with Crippen molar-refractivity contribution in [2.24, 2.45) is 0 Å². The van der Waals surface area contributed by atoms with Crippen LogP contribution in [0.1, 0.15) is 37.3 Å². The average Bonchev–Trinajstić information content (AvgIpc) is 2.96. The van der Waals surface area contributed by atoms with Gasteiger partial charge in [0.25, 0.3) is 0 Å². The van der Waals surface area contributed by atoms with Crippen LogP contribution in [0.3, 0.4) is 0 Å². The van der Waals surface area contributed by atoms with Crippen LogP contribution in [0.5, 0.6) is 0 Å². The first-order valence-electron chi connectivity index (χ1n) is 7.33. The van der Waals surface area contributed by atoms with Crippen LogP contribution >= 0.6 is 0 Å². The van der Waals surface area contributed by atoms with Crippen molar-refractivity contribution < 1.29 is 0 Å². The molecule has 0 aliphatic carbocycles. The molecule has 3 rings (SSSR count). The van der Waals surface area contributed by atoms with Gasteiger partial charge in [-0.1, -0.05) is 6.92 Å². The minimum Gasteiger partial charge on any atom is -0.353 e. The summed E-state index contributed by atoms with van der Waals surface area (Å²) in [5.41, 5.74) is 0.974. The lowest BCUT2D eigenvalue weighted by Crippen LogP contribution is -2.37. The average molecular weight is 271 g/mol. The Labute approximate surface area is 119 Å². The van der Waals surface area contributed by atoms with Crippen LogP contribution in [0, 0.1) is 6.92 Å². The van der Waals surface area contributed by atoms with Gasteiger partial charge in [0.15, 0.2) is 0 Å². The number of anilines is 1. The highest BCUT2D eigenvalue weighted by Gasteiger charge is 2.23. The topological polar surface area (TPSA) is 46.8 Å². The standard InChI is InChI=1S/C15H21N5/c1-3-14-17-6-8-20(14)13-5-4-7-19(11-13)15-10-16-9-12(2)18-15/h6,8-10,13H,3-5,7,11H2,1-2H3. The van der Waals surface area contributed by atoms with Gasteiger partial charge in [0.2, 0.25) is 0 Å². The molecule has 1 aliphatic heterocycles. The van der Waals surface area contributed by atoms with Gasteiger partial charge in [-0.2, -0.15) is 0 Å². The van der Waals surface area contributed by atoms with Crippen molar-refractivity contribution in [3.63, 3.8) is 0 Å². The fourth-order valence-electron chi connectivity index (χ4n) is 2.94. The van der Waals surface area contributed by atoms with Crippen molar-refractivity contribution >= 4 is 5.82 Å². The lowest BCUT2D eigenvalue weighted by atomic mass is 10.1. The highest BCUT2D eigenvalue weighted by molar-refractivity contribution is 5.37. The first-order chi connectivity index (χ1) is 9.78. The highest BCUT2D eigenvalue weighted by atomic mass is 15.2. The Morgan fingerprint density at radius 3 is 3.05 bits per heavy atom. The van der Waals surface area contributed by atoms with E-state index in [1.807, 2.05) is 19.3 Å². The van der Waals surface area contributed by atoms with Crippen LogP contribution in [-0.4, -0.2) is 32.6 Å². The van der Waals surface area contributed by atoms with Gasteiger partial charge in [0, 0.05) is 38.1 Å². The lowest BCUT2D eigenvalue weighted by molar-refractivity contribution is 0.394. The summed E-state index contributed by atoms with van der Waals surface area (Å²) in [5.74, 6) is 2.17. The molecule has 20 heavy (non-hydrogen) atoms. The third-order valence-electron chi connectivity index (χ3n) is 3.92. The second kappa shape index (κ2) is 5.61. The minimum absolute atomic E-state index is 0.489. The fourth-order valence-corrected chi connectivity index (χ4v) is 2.94. The van der Waals surface area contributed by atoms with Gasteiger partial charge < -0.3 is 9.47 Å². The first kappa shape index (κ1) is 13.1. The Hall–Kier alpha value is -1.91.